The van der Waals surface area contributed by atoms with E-state index in [2.05, 4.69) is 4.99 Å². The molecular weight excluding hydrogens is 158 g/mol. The van der Waals surface area contributed by atoms with Gasteiger partial charge in [0.25, 0.3) is 0 Å². The fraction of sp³-hybridized carbons (Fsp3) is 0.125. The van der Waals surface area contributed by atoms with Gasteiger partial charge >= 0.3 is 0 Å². The van der Waals surface area contributed by atoms with Crippen LogP contribution in [0.4, 0.5) is 5.69 Å². The van der Waals surface area contributed by atoms with E-state index in [-0.39, 0.29) is 12.4 Å². The van der Waals surface area contributed by atoms with E-state index < -0.39 is 0 Å². The molecule has 0 bridgehead atoms. The summed E-state index contributed by atoms with van der Waals surface area (Å²) in [5.41, 5.74) is 0.707. The Kier molecular flexibility index (Phi) is 2.58. The third kappa shape index (κ3) is 1.69. The molecule has 0 aliphatic carbocycles. The summed E-state index contributed by atoms with van der Waals surface area (Å²) in [7, 11) is 0. The lowest BCUT2D eigenvalue weighted by Crippen LogP contribution is -1.82. The van der Waals surface area contributed by atoms with Gasteiger partial charge in [-0.25, -0.2) is 4.79 Å². The molecule has 1 aromatic carbocycles. The molecule has 0 unspecified atom stereocenters. The van der Waals surface area contributed by atoms with Crippen molar-refractivity contribution in [3.05, 3.63) is 23.8 Å². The maximum Gasteiger partial charge on any atom is 0.240 e. The smallest absolute Gasteiger partial charge is 0.240 e. The van der Waals surface area contributed by atoms with Crippen LogP contribution in [0, 0.1) is 0 Å². The first-order chi connectivity index (χ1) is 5.77. The van der Waals surface area contributed by atoms with Crippen LogP contribution < -0.4 is 0 Å². The van der Waals surface area contributed by atoms with Crippen molar-refractivity contribution in [1.82, 2.24) is 0 Å². The molecule has 1 aromatic rings. The van der Waals surface area contributed by atoms with Gasteiger partial charge in [-0.2, -0.15) is 4.99 Å². The number of nitrogens with zero attached hydrogens (tertiary/aromatic N) is 1. The van der Waals surface area contributed by atoms with E-state index in [1.807, 2.05) is 0 Å². The van der Waals surface area contributed by atoms with Gasteiger partial charge in [0, 0.05) is 5.56 Å². The topological polar surface area (TPSA) is 69.9 Å². The molecule has 62 valence electrons. The summed E-state index contributed by atoms with van der Waals surface area (Å²) >= 11 is 0. The number of aromatic hydroxyl groups is 1. The van der Waals surface area contributed by atoms with E-state index in [1.165, 1.54) is 24.3 Å². The lowest BCUT2D eigenvalue weighted by molar-refractivity contribution is 0.275. The molecule has 2 N–H and O–H groups in total. The number of isocyanates is 1. The third-order valence-corrected chi connectivity index (χ3v) is 1.41. The highest BCUT2D eigenvalue weighted by Crippen LogP contribution is 2.22. The quantitative estimate of drug-likeness (QED) is 0.504. The number of carbonyl (C=O) groups excluding carboxylic acids is 1. The fourth-order valence-electron chi connectivity index (χ4n) is 0.821. The molecule has 0 saturated heterocycles. The van der Waals surface area contributed by atoms with Crippen LogP contribution >= 0.6 is 0 Å². The van der Waals surface area contributed by atoms with E-state index in [0.717, 1.165) is 0 Å². The predicted octanol–water partition coefficient (Wildman–Crippen LogP) is 0.852. The molecule has 0 spiro atoms. The summed E-state index contributed by atoms with van der Waals surface area (Å²) < 4.78 is 0. The molecule has 0 amide bonds. The Morgan fingerprint density at radius 2 is 2.25 bits per heavy atom. The number of hydrogen-bond donors (Lipinski definition) is 2. The van der Waals surface area contributed by atoms with Crippen LogP contribution in [0.3, 0.4) is 0 Å². The van der Waals surface area contributed by atoms with Crippen molar-refractivity contribution in [2.45, 2.75) is 6.61 Å². The number of aliphatic hydroxyl groups is 1. The molecular formula is C8H7NO3. The zero-order valence-corrected chi connectivity index (χ0v) is 6.19. The first kappa shape index (κ1) is 8.46. The number of rotatable bonds is 2. The van der Waals surface area contributed by atoms with E-state index in [0.29, 0.717) is 11.3 Å². The van der Waals surface area contributed by atoms with Gasteiger partial charge in [0.15, 0.2) is 0 Å². The summed E-state index contributed by atoms with van der Waals surface area (Å²) in [5, 5.41) is 17.8. The summed E-state index contributed by atoms with van der Waals surface area (Å²) in [5.74, 6) is -0.0117. The van der Waals surface area contributed by atoms with Gasteiger partial charge in [-0.05, 0) is 18.2 Å². The fourth-order valence-corrected chi connectivity index (χ4v) is 0.821. The minimum Gasteiger partial charge on any atom is -0.508 e. The SMILES string of the molecule is O=C=Nc1ccc(O)c(CO)c1. The maximum absolute atomic E-state index is 9.84. The second kappa shape index (κ2) is 3.67. The zero-order chi connectivity index (χ0) is 8.97. The Morgan fingerprint density at radius 1 is 1.50 bits per heavy atom. The molecule has 0 heterocycles. The maximum atomic E-state index is 9.84. The van der Waals surface area contributed by atoms with Gasteiger partial charge in [-0.1, -0.05) is 0 Å². The summed E-state index contributed by atoms with van der Waals surface area (Å²) in [6.07, 6.45) is 1.37. The van der Waals surface area contributed by atoms with Crippen LogP contribution in [-0.4, -0.2) is 16.3 Å². The molecule has 4 heteroatoms. The Labute approximate surface area is 68.8 Å². The van der Waals surface area contributed by atoms with Crippen molar-refractivity contribution in [2.75, 3.05) is 0 Å². The molecule has 12 heavy (non-hydrogen) atoms. The average Bonchev–Trinajstić information content (AvgIpc) is 2.09. The summed E-state index contributed by atoms with van der Waals surface area (Å²) in [6.45, 7) is -0.284. The average molecular weight is 165 g/mol. The van der Waals surface area contributed by atoms with Gasteiger partial charge in [0.2, 0.25) is 6.08 Å². The van der Waals surface area contributed by atoms with Crippen LogP contribution in [-0.2, 0) is 11.4 Å². The number of aliphatic hydroxyl groups excluding tert-OH is 1. The number of benzene rings is 1. The molecule has 0 saturated carbocycles. The lowest BCUT2D eigenvalue weighted by atomic mass is 10.2. The predicted molar refractivity (Wildman–Crippen MR) is 41.8 cm³/mol. The molecule has 0 aromatic heterocycles. The summed E-state index contributed by atoms with van der Waals surface area (Å²) in [4.78, 5) is 13.2. The minimum atomic E-state index is -0.284. The Morgan fingerprint density at radius 3 is 2.83 bits per heavy atom. The standard InChI is InChI=1S/C8H7NO3/c10-4-6-3-7(9-5-11)1-2-8(6)12/h1-3,10,12H,4H2. The molecule has 0 fully saturated rings. The second-order valence-corrected chi connectivity index (χ2v) is 2.17. The van der Waals surface area contributed by atoms with E-state index >= 15 is 0 Å². The van der Waals surface area contributed by atoms with Gasteiger partial charge < -0.3 is 10.2 Å². The number of hydrogen-bond acceptors (Lipinski definition) is 4. The third-order valence-electron chi connectivity index (χ3n) is 1.41. The number of aliphatic imine (C=N–C) groups is 1. The highest BCUT2D eigenvalue weighted by atomic mass is 16.3. The van der Waals surface area contributed by atoms with E-state index in [4.69, 9.17) is 10.2 Å². The van der Waals surface area contributed by atoms with Crippen LogP contribution in [0.1, 0.15) is 5.56 Å². The van der Waals surface area contributed by atoms with Crippen LogP contribution in [0.25, 0.3) is 0 Å². The zero-order valence-electron chi connectivity index (χ0n) is 6.19. The molecule has 0 aliphatic rings. The van der Waals surface area contributed by atoms with Crippen molar-refractivity contribution in [3.8, 4) is 5.75 Å². The highest BCUT2D eigenvalue weighted by molar-refractivity contribution is 5.52. The first-order valence-electron chi connectivity index (χ1n) is 3.28. The largest absolute Gasteiger partial charge is 0.508 e. The molecule has 0 radical (unpaired) electrons. The van der Waals surface area contributed by atoms with Gasteiger partial charge in [0.1, 0.15) is 5.75 Å². The monoisotopic (exact) mass is 165 g/mol. The normalized spacial score (nSPS) is 9.08. The lowest BCUT2D eigenvalue weighted by Gasteiger charge is -1.99. The molecule has 4 nitrogen and oxygen atoms in total. The number of phenols is 1. The van der Waals surface area contributed by atoms with Crippen molar-refractivity contribution < 1.29 is 15.0 Å². The molecule has 0 atom stereocenters. The van der Waals surface area contributed by atoms with Crippen molar-refractivity contribution >= 4 is 11.8 Å². The van der Waals surface area contributed by atoms with E-state index in [9.17, 15) is 4.79 Å². The van der Waals surface area contributed by atoms with Crippen molar-refractivity contribution in [2.24, 2.45) is 4.99 Å². The van der Waals surface area contributed by atoms with Gasteiger partial charge in [-0.15, -0.1) is 0 Å². The van der Waals surface area contributed by atoms with Crippen LogP contribution in [0.15, 0.2) is 23.2 Å². The molecule has 0 aliphatic heterocycles. The van der Waals surface area contributed by atoms with Gasteiger partial charge in [0.05, 0.1) is 12.3 Å². The second-order valence-electron chi connectivity index (χ2n) is 2.17. The Bertz CT molecular complexity index is 329. The van der Waals surface area contributed by atoms with Crippen molar-refractivity contribution in [1.29, 1.82) is 0 Å². The van der Waals surface area contributed by atoms with Crippen LogP contribution in [0.5, 0.6) is 5.75 Å². The minimum absolute atomic E-state index is 0.0117. The van der Waals surface area contributed by atoms with Gasteiger partial charge in [-0.3, -0.25) is 0 Å². The summed E-state index contributed by atoms with van der Waals surface area (Å²) in [6, 6.07) is 4.24. The first-order valence-corrected chi connectivity index (χ1v) is 3.28. The van der Waals surface area contributed by atoms with Crippen LogP contribution in [0.2, 0.25) is 0 Å². The van der Waals surface area contributed by atoms with Crippen molar-refractivity contribution in [3.63, 3.8) is 0 Å². The Balaban J connectivity index is 3.13. The molecule has 1 rings (SSSR count). The Hall–Kier alpha value is -1.64. The van der Waals surface area contributed by atoms with E-state index in [1.54, 1.807) is 0 Å². The highest BCUT2D eigenvalue weighted by Gasteiger charge is 1.99.